The lowest BCUT2D eigenvalue weighted by atomic mass is 10.0. The molecule has 0 aromatic heterocycles. The average molecular weight is 308 g/mol. The molecule has 114 valence electrons. The second-order valence-corrected chi connectivity index (χ2v) is 5.24. The summed E-state index contributed by atoms with van der Waals surface area (Å²) in [4.78, 5) is 0. The van der Waals surface area contributed by atoms with E-state index in [4.69, 9.17) is 0 Å². The molecule has 0 aliphatic heterocycles. The van der Waals surface area contributed by atoms with Crippen LogP contribution in [0.3, 0.4) is 0 Å². The molecule has 1 nitrogen and oxygen atoms in total. The largest absolute Gasteiger partial charge is 0.376 e. The highest BCUT2D eigenvalue weighted by Gasteiger charge is 2.07. The molecule has 1 heteroatoms. The van der Waals surface area contributed by atoms with Gasteiger partial charge in [0.1, 0.15) is 6.10 Å². The van der Waals surface area contributed by atoms with Crippen LogP contribution in [0.5, 0.6) is 0 Å². The van der Waals surface area contributed by atoms with Crippen molar-refractivity contribution in [2.24, 2.45) is 0 Å². The normalized spacial score (nSPS) is 10.7. The van der Waals surface area contributed by atoms with Crippen LogP contribution in [0.2, 0.25) is 0 Å². The Morgan fingerprint density at radius 1 is 0.583 bits per heavy atom. The van der Waals surface area contributed by atoms with Gasteiger partial charge in [0.05, 0.1) is 0 Å². The van der Waals surface area contributed by atoms with E-state index < -0.39 is 6.10 Å². The SMILES string of the molecule is OC(C#Cc1ccccc1)c1ccccc1C#Cc1ccccc1. The first kappa shape index (κ1) is 15.6. The highest BCUT2D eigenvalue weighted by molar-refractivity contribution is 5.49. The zero-order chi connectivity index (χ0) is 16.6. The molecular weight excluding hydrogens is 292 g/mol. The maximum absolute atomic E-state index is 10.4. The summed E-state index contributed by atoms with van der Waals surface area (Å²) < 4.78 is 0. The summed E-state index contributed by atoms with van der Waals surface area (Å²) in [6, 6.07) is 27.0. The van der Waals surface area contributed by atoms with Gasteiger partial charge in [0.15, 0.2) is 0 Å². The van der Waals surface area contributed by atoms with Crippen molar-refractivity contribution < 1.29 is 5.11 Å². The van der Waals surface area contributed by atoms with E-state index in [1.54, 1.807) is 0 Å². The molecule has 0 fully saturated rings. The van der Waals surface area contributed by atoms with E-state index in [0.717, 1.165) is 22.3 Å². The second kappa shape index (κ2) is 7.84. The molecule has 0 saturated carbocycles. The zero-order valence-corrected chi connectivity index (χ0v) is 13.1. The molecular formula is C23H16O. The minimum absolute atomic E-state index is 0.726. The fraction of sp³-hybridized carbons (Fsp3) is 0.0435. The number of hydrogen-bond donors (Lipinski definition) is 1. The molecule has 0 amide bonds. The van der Waals surface area contributed by atoms with Gasteiger partial charge in [-0.25, -0.2) is 0 Å². The van der Waals surface area contributed by atoms with E-state index in [2.05, 4.69) is 23.7 Å². The molecule has 3 aromatic carbocycles. The number of aliphatic hydroxyl groups is 1. The lowest BCUT2D eigenvalue weighted by Crippen LogP contribution is -1.97. The van der Waals surface area contributed by atoms with Gasteiger partial charge in [-0.15, -0.1) is 0 Å². The predicted molar refractivity (Wildman–Crippen MR) is 97.1 cm³/mol. The summed E-state index contributed by atoms with van der Waals surface area (Å²) in [6.07, 6.45) is -0.869. The van der Waals surface area contributed by atoms with Gasteiger partial charge in [-0.05, 0) is 30.3 Å². The first-order valence-corrected chi connectivity index (χ1v) is 7.73. The number of hydrogen-bond acceptors (Lipinski definition) is 1. The van der Waals surface area contributed by atoms with Crippen LogP contribution in [0.4, 0.5) is 0 Å². The van der Waals surface area contributed by atoms with Crippen LogP contribution in [-0.4, -0.2) is 5.11 Å². The van der Waals surface area contributed by atoms with Gasteiger partial charge in [-0.3, -0.25) is 0 Å². The van der Waals surface area contributed by atoms with Crippen LogP contribution < -0.4 is 0 Å². The maximum atomic E-state index is 10.4. The van der Waals surface area contributed by atoms with Crippen LogP contribution in [0.1, 0.15) is 28.4 Å². The molecule has 3 aromatic rings. The van der Waals surface area contributed by atoms with E-state index in [1.807, 2.05) is 84.9 Å². The molecule has 0 saturated heterocycles. The number of benzene rings is 3. The summed E-state index contributed by atoms with van der Waals surface area (Å²) in [7, 11) is 0. The molecule has 0 spiro atoms. The smallest absolute Gasteiger partial charge is 0.141 e. The molecule has 0 bridgehead atoms. The number of rotatable bonds is 1. The Hall–Kier alpha value is -3.26. The Bertz CT molecular complexity index is 920. The predicted octanol–water partition coefficient (Wildman–Crippen LogP) is 4.17. The quantitative estimate of drug-likeness (QED) is 0.669. The summed E-state index contributed by atoms with van der Waals surface area (Å²) in [5.74, 6) is 12.1. The maximum Gasteiger partial charge on any atom is 0.141 e. The highest BCUT2D eigenvalue weighted by Crippen LogP contribution is 2.17. The van der Waals surface area contributed by atoms with Crippen LogP contribution in [0.25, 0.3) is 0 Å². The molecule has 3 rings (SSSR count). The zero-order valence-electron chi connectivity index (χ0n) is 13.1. The first-order chi connectivity index (χ1) is 11.8. The Balaban J connectivity index is 1.87. The van der Waals surface area contributed by atoms with E-state index in [-0.39, 0.29) is 0 Å². The Kier molecular flexibility index (Phi) is 5.10. The summed E-state index contributed by atoms with van der Waals surface area (Å²) in [5.41, 5.74) is 3.34. The van der Waals surface area contributed by atoms with E-state index in [0.29, 0.717) is 0 Å². The average Bonchev–Trinajstić information content (AvgIpc) is 2.66. The monoisotopic (exact) mass is 308 g/mol. The molecule has 0 aliphatic rings. The minimum atomic E-state index is -0.869. The Morgan fingerprint density at radius 2 is 1.12 bits per heavy atom. The highest BCUT2D eigenvalue weighted by atomic mass is 16.3. The van der Waals surface area contributed by atoms with Crippen molar-refractivity contribution >= 4 is 0 Å². The van der Waals surface area contributed by atoms with Gasteiger partial charge in [0.2, 0.25) is 0 Å². The first-order valence-electron chi connectivity index (χ1n) is 7.73. The fourth-order valence-electron chi connectivity index (χ4n) is 2.26. The third-order valence-electron chi connectivity index (χ3n) is 3.50. The summed E-state index contributed by atoms with van der Waals surface area (Å²) in [6.45, 7) is 0. The van der Waals surface area contributed by atoms with Crippen LogP contribution in [-0.2, 0) is 0 Å². The van der Waals surface area contributed by atoms with Gasteiger partial charge in [0.25, 0.3) is 0 Å². The van der Waals surface area contributed by atoms with Crippen LogP contribution >= 0.6 is 0 Å². The van der Waals surface area contributed by atoms with E-state index >= 15 is 0 Å². The Labute approximate surface area is 142 Å². The molecule has 0 heterocycles. The lowest BCUT2D eigenvalue weighted by molar-refractivity contribution is 0.238. The topological polar surface area (TPSA) is 20.2 Å². The van der Waals surface area contributed by atoms with Gasteiger partial charge in [-0.1, -0.05) is 78.3 Å². The van der Waals surface area contributed by atoms with Crippen molar-refractivity contribution in [1.29, 1.82) is 0 Å². The minimum Gasteiger partial charge on any atom is -0.376 e. The molecule has 24 heavy (non-hydrogen) atoms. The van der Waals surface area contributed by atoms with Gasteiger partial charge in [-0.2, -0.15) is 0 Å². The molecule has 1 unspecified atom stereocenters. The lowest BCUT2D eigenvalue weighted by Gasteiger charge is -2.06. The fourth-order valence-corrected chi connectivity index (χ4v) is 2.26. The third-order valence-corrected chi connectivity index (χ3v) is 3.50. The molecule has 1 atom stereocenters. The van der Waals surface area contributed by atoms with Crippen molar-refractivity contribution in [3.8, 4) is 23.7 Å². The van der Waals surface area contributed by atoms with Gasteiger partial charge < -0.3 is 5.11 Å². The summed E-state index contributed by atoms with van der Waals surface area (Å²) >= 11 is 0. The van der Waals surface area contributed by atoms with Gasteiger partial charge in [0, 0.05) is 22.3 Å². The molecule has 0 aliphatic carbocycles. The van der Waals surface area contributed by atoms with Gasteiger partial charge >= 0.3 is 0 Å². The van der Waals surface area contributed by atoms with Crippen molar-refractivity contribution in [1.82, 2.24) is 0 Å². The van der Waals surface area contributed by atoms with Crippen molar-refractivity contribution in [2.45, 2.75) is 6.10 Å². The van der Waals surface area contributed by atoms with Crippen molar-refractivity contribution in [3.63, 3.8) is 0 Å². The van der Waals surface area contributed by atoms with Crippen molar-refractivity contribution in [3.05, 3.63) is 107 Å². The van der Waals surface area contributed by atoms with E-state index in [9.17, 15) is 5.11 Å². The molecule has 0 radical (unpaired) electrons. The number of aliphatic hydroxyl groups excluding tert-OH is 1. The molecule has 1 N–H and O–H groups in total. The second-order valence-electron chi connectivity index (χ2n) is 5.24. The van der Waals surface area contributed by atoms with E-state index in [1.165, 1.54) is 0 Å². The Morgan fingerprint density at radius 3 is 1.79 bits per heavy atom. The van der Waals surface area contributed by atoms with Crippen LogP contribution in [0, 0.1) is 23.7 Å². The van der Waals surface area contributed by atoms with Crippen LogP contribution in [0.15, 0.2) is 84.9 Å². The standard InChI is InChI=1S/C23H16O/c24-23(18-16-20-11-5-2-6-12-20)22-14-8-7-13-21(22)17-15-19-9-3-1-4-10-19/h1-14,23-24H. The summed E-state index contributed by atoms with van der Waals surface area (Å²) in [5, 5.41) is 10.4. The third kappa shape index (κ3) is 4.14. The van der Waals surface area contributed by atoms with Crippen molar-refractivity contribution in [2.75, 3.05) is 0 Å².